The fourth-order valence-corrected chi connectivity index (χ4v) is 5.87. The van der Waals surface area contributed by atoms with Crippen molar-refractivity contribution in [3.63, 3.8) is 0 Å². The molecule has 8 heteroatoms. The van der Waals surface area contributed by atoms with Crippen LogP contribution in [-0.4, -0.2) is 48.9 Å². The van der Waals surface area contributed by atoms with E-state index >= 15 is 0 Å². The molecule has 4 aromatic carbocycles. The largest absolute Gasteiger partial charge is 0.490 e. The molecule has 0 amide bonds. The van der Waals surface area contributed by atoms with Crippen molar-refractivity contribution < 1.29 is 28.5 Å². The van der Waals surface area contributed by atoms with Gasteiger partial charge in [-0.05, 0) is 66.1 Å². The predicted octanol–water partition coefficient (Wildman–Crippen LogP) is 7.82. The van der Waals surface area contributed by atoms with Gasteiger partial charge in [0.05, 0.1) is 0 Å². The third-order valence-corrected chi connectivity index (χ3v) is 8.67. The average Bonchev–Trinajstić information content (AvgIpc) is 3.09. The van der Waals surface area contributed by atoms with Crippen LogP contribution in [0.25, 0.3) is 0 Å². The maximum atomic E-state index is 11.8. The fraction of sp³-hybridized carbons (Fsp3) is 0.189. The molecular formula is C37H36O6S2. The van der Waals surface area contributed by atoms with Gasteiger partial charge in [-0.15, -0.1) is 23.5 Å². The molecule has 0 radical (unpaired) electrons. The van der Waals surface area contributed by atoms with Crippen LogP contribution in [0.5, 0.6) is 11.5 Å². The van der Waals surface area contributed by atoms with Crippen LogP contribution < -0.4 is 9.47 Å². The summed E-state index contributed by atoms with van der Waals surface area (Å²) in [6, 6.07) is 35.7. The predicted molar refractivity (Wildman–Crippen MR) is 181 cm³/mol. The van der Waals surface area contributed by atoms with Gasteiger partial charge in [-0.2, -0.15) is 0 Å². The standard InChI is InChI=1S/C37H36O6S2/c1-3-36(38)42-32(26-44-34-11-7-5-8-12-34)24-40-30-19-15-28(16-20-30)23-29-17-21-31(22-18-29)41-25-33(43-37(39)4-2)27-45-35-13-9-6-10-14-35/h3-22,32-33H,1-2,23-27H2. The first kappa shape index (κ1) is 33.5. The van der Waals surface area contributed by atoms with Gasteiger partial charge in [-0.1, -0.05) is 73.8 Å². The van der Waals surface area contributed by atoms with Crippen LogP contribution in [0.1, 0.15) is 11.1 Å². The lowest BCUT2D eigenvalue weighted by Crippen LogP contribution is -2.26. The summed E-state index contributed by atoms with van der Waals surface area (Å²) in [4.78, 5) is 25.9. The molecular weight excluding hydrogens is 605 g/mol. The molecule has 0 spiro atoms. The summed E-state index contributed by atoms with van der Waals surface area (Å²) in [5, 5.41) is 0. The van der Waals surface area contributed by atoms with E-state index in [0.29, 0.717) is 23.0 Å². The molecule has 0 bridgehead atoms. The van der Waals surface area contributed by atoms with Crippen molar-refractivity contribution in [2.24, 2.45) is 0 Å². The van der Waals surface area contributed by atoms with Crippen LogP contribution in [0.3, 0.4) is 0 Å². The fourth-order valence-electron chi connectivity index (χ4n) is 4.09. The average molecular weight is 641 g/mol. The number of hydrogen-bond acceptors (Lipinski definition) is 8. The first-order chi connectivity index (χ1) is 22.0. The van der Waals surface area contributed by atoms with Crippen molar-refractivity contribution in [3.05, 3.63) is 146 Å². The Hall–Kier alpha value is -4.40. The molecule has 0 aliphatic rings. The van der Waals surface area contributed by atoms with Gasteiger partial charge >= 0.3 is 11.9 Å². The van der Waals surface area contributed by atoms with E-state index in [-0.39, 0.29) is 13.2 Å². The van der Waals surface area contributed by atoms with Crippen molar-refractivity contribution in [1.82, 2.24) is 0 Å². The Morgan fingerprint density at radius 2 is 0.956 bits per heavy atom. The van der Waals surface area contributed by atoms with E-state index < -0.39 is 24.1 Å². The zero-order valence-electron chi connectivity index (χ0n) is 24.9. The second-order valence-electron chi connectivity index (χ2n) is 9.86. The topological polar surface area (TPSA) is 71.1 Å². The minimum atomic E-state index is -0.470. The molecule has 45 heavy (non-hydrogen) atoms. The first-order valence-electron chi connectivity index (χ1n) is 14.5. The minimum Gasteiger partial charge on any atom is -0.490 e. The number of carbonyl (C=O) groups is 2. The third-order valence-electron chi connectivity index (χ3n) is 6.38. The van der Waals surface area contributed by atoms with Crippen molar-refractivity contribution in [3.8, 4) is 11.5 Å². The van der Waals surface area contributed by atoms with Gasteiger partial charge < -0.3 is 18.9 Å². The van der Waals surface area contributed by atoms with Gasteiger partial charge in [0, 0.05) is 33.4 Å². The van der Waals surface area contributed by atoms with E-state index in [0.717, 1.165) is 39.5 Å². The highest BCUT2D eigenvalue weighted by Crippen LogP contribution is 2.23. The molecule has 0 fully saturated rings. The van der Waals surface area contributed by atoms with Crippen molar-refractivity contribution in [2.45, 2.75) is 28.4 Å². The van der Waals surface area contributed by atoms with E-state index in [1.54, 1.807) is 23.5 Å². The zero-order valence-corrected chi connectivity index (χ0v) is 26.6. The monoisotopic (exact) mass is 640 g/mol. The van der Waals surface area contributed by atoms with Gasteiger partial charge in [0.15, 0.2) is 0 Å². The highest BCUT2D eigenvalue weighted by Gasteiger charge is 2.16. The molecule has 0 N–H and O–H groups in total. The number of rotatable bonds is 18. The third kappa shape index (κ3) is 12.3. The Morgan fingerprint density at radius 1 is 0.578 bits per heavy atom. The van der Waals surface area contributed by atoms with Gasteiger partial charge in [0.1, 0.15) is 36.9 Å². The Labute approximate surface area is 273 Å². The molecule has 0 aliphatic carbocycles. The second-order valence-corrected chi connectivity index (χ2v) is 12.0. The SMILES string of the molecule is C=CC(=O)OC(COc1ccc(Cc2ccc(OCC(CSc3ccccc3)OC(=O)C=C)cc2)cc1)CSc1ccccc1. The summed E-state index contributed by atoms with van der Waals surface area (Å²) in [6.45, 7) is 7.46. The lowest BCUT2D eigenvalue weighted by Gasteiger charge is -2.18. The molecule has 6 nitrogen and oxygen atoms in total. The van der Waals surface area contributed by atoms with Crippen LogP contribution in [-0.2, 0) is 25.5 Å². The quantitative estimate of drug-likeness (QED) is 0.0620. The smallest absolute Gasteiger partial charge is 0.330 e. The first-order valence-corrected chi connectivity index (χ1v) is 16.4. The van der Waals surface area contributed by atoms with Crippen LogP contribution in [0.15, 0.2) is 144 Å². The summed E-state index contributed by atoms with van der Waals surface area (Å²) in [7, 11) is 0. The van der Waals surface area contributed by atoms with Crippen LogP contribution in [0.4, 0.5) is 0 Å². The summed E-state index contributed by atoms with van der Waals surface area (Å²) in [5.41, 5.74) is 2.25. The lowest BCUT2D eigenvalue weighted by molar-refractivity contribution is -0.144. The summed E-state index contributed by atoms with van der Waals surface area (Å²) in [6.07, 6.45) is 2.22. The Bertz CT molecular complexity index is 1380. The highest BCUT2D eigenvalue weighted by atomic mass is 32.2. The van der Waals surface area contributed by atoms with Gasteiger partial charge in [-0.3, -0.25) is 0 Å². The Kier molecular flexibility index (Phi) is 13.7. The van der Waals surface area contributed by atoms with E-state index in [4.69, 9.17) is 18.9 Å². The minimum absolute atomic E-state index is 0.235. The molecule has 0 heterocycles. The maximum absolute atomic E-state index is 11.8. The number of hydrogen-bond donors (Lipinski definition) is 0. The van der Waals surface area contributed by atoms with Gasteiger partial charge in [0.25, 0.3) is 0 Å². The second kappa shape index (κ2) is 18.4. The van der Waals surface area contributed by atoms with Crippen molar-refractivity contribution in [1.29, 1.82) is 0 Å². The molecule has 4 rings (SSSR count). The molecule has 0 aromatic heterocycles. The Morgan fingerprint density at radius 3 is 1.31 bits per heavy atom. The van der Waals surface area contributed by atoms with E-state index in [1.807, 2.05) is 109 Å². The van der Waals surface area contributed by atoms with E-state index in [9.17, 15) is 9.59 Å². The van der Waals surface area contributed by atoms with Crippen LogP contribution in [0, 0.1) is 0 Å². The number of esters is 2. The molecule has 4 aromatic rings. The molecule has 0 saturated carbocycles. The highest BCUT2D eigenvalue weighted by molar-refractivity contribution is 7.99. The maximum Gasteiger partial charge on any atom is 0.330 e. The van der Waals surface area contributed by atoms with E-state index in [2.05, 4.69) is 13.2 Å². The summed E-state index contributed by atoms with van der Waals surface area (Å²) < 4.78 is 22.9. The number of thioether (sulfide) groups is 2. The zero-order chi connectivity index (χ0) is 31.7. The summed E-state index contributed by atoms with van der Waals surface area (Å²) in [5.74, 6) is 1.58. The normalized spacial score (nSPS) is 11.9. The number of ether oxygens (including phenoxy) is 4. The molecule has 2 unspecified atom stereocenters. The van der Waals surface area contributed by atoms with Gasteiger partial charge in [-0.25, -0.2) is 9.59 Å². The van der Waals surface area contributed by atoms with Gasteiger partial charge in [0.2, 0.25) is 0 Å². The molecule has 232 valence electrons. The Balaban J connectivity index is 1.25. The van der Waals surface area contributed by atoms with Crippen LogP contribution in [0.2, 0.25) is 0 Å². The van der Waals surface area contributed by atoms with Crippen molar-refractivity contribution in [2.75, 3.05) is 24.7 Å². The molecule has 0 aliphatic heterocycles. The summed E-state index contributed by atoms with van der Waals surface area (Å²) >= 11 is 3.21. The lowest BCUT2D eigenvalue weighted by atomic mass is 10.0. The molecule has 2 atom stereocenters. The van der Waals surface area contributed by atoms with Crippen LogP contribution >= 0.6 is 23.5 Å². The van der Waals surface area contributed by atoms with E-state index in [1.165, 1.54) is 0 Å². The number of benzene rings is 4. The number of carbonyl (C=O) groups excluding carboxylic acids is 2. The molecule has 0 saturated heterocycles. The van der Waals surface area contributed by atoms with Crippen molar-refractivity contribution >= 4 is 35.5 Å².